The lowest BCUT2D eigenvalue weighted by molar-refractivity contribution is -0.138. The lowest BCUT2D eigenvalue weighted by atomic mass is 9.84. The van der Waals surface area contributed by atoms with E-state index in [9.17, 15) is 4.79 Å². The van der Waals surface area contributed by atoms with Crippen LogP contribution in [-0.2, 0) is 16.6 Å². The summed E-state index contributed by atoms with van der Waals surface area (Å²) in [5.41, 5.74) is 7.97. The number of hydrogen-bond donors (Lipinski definition) is 3. The number of carboxylic acids is 1. The van der Waals surface area contributed by atoms with Gasteiger partial charge in [0.15, 0.2) is 0 Å². The van der Waals surface area contributed by atoms with E-state index in [2.05, 4.69) is 50.4 Å². The van der Waals surface area contributed by atoms with E-state index in [0.29, 0.717) is 6.54 Å². The smallest absolute Gasteiger partial charge is 0.321 e. The quantitative estimate of drug-likeness (QED) is 0.698. The van der Waals surface area contributed by atoms with Crippen molar-refractivity contribution in [3.8, 4) is 0 Å². The van der Waals surface area contributed by atoms with Gasteiger partial charge in [0.05, 0.1) is 0 Å². The zero-order chi connectivity index (χ0) is 14.5. The molecular formula is C15H24N2O2. The van der Waals surface area contributed by atoms with Crippen molar-refractivity contribution >= 4 is 5.97 Å². The van der Waals surface area contributed by atoms with Crippen LogP contribution in [0, 0.1) is 0 Å². The molecule has 0 spiro atoms. The molecule has 0 aliphatic rings. The van der Waals surface area contributed by atoms with E-state index in [1.54, 1.807) is 0 Å². The van der Waals surface area contributed by atoms with E-state index in [1.165, 1.54) is 11.1 Å². The maximum atomic E-state index is 10.6. The number of benzene rings is 1. The Morgan fingerprint density at radius 2 is 1.95 bits per heavy atom. The number of carbonyl (C=O) groups is 1. The van der Waals surface area contributed by atoms with Gasteiger partial charge in [0.2, 0.25) is 0 Å². The van der Waals surface area contributed by atoms with E-state index in [1.807, 2.05) is 0 Å². The number of carboxylic acid groups (broad SMARTS) is 1. The Kier molecular flexibility index (Phi) is 5.51. The van der Waals surface area contributed by atoms with Gasteiger partial charge in [0, 0.05) is 18.5 Å². The molecule has 0 aliphatic carbocycles. The van der Waals surface area contributed by atoms with Gasteiger partial charge in [-0.05, 0) is 17.5 Å². The molecule has 4 heteroatoms. The molecule has 1 atom stereocenters. The second kappa shape index (κ2) is 6.68. The fraction of sp³-hybridized carbons (Fsp3) is 0.533. The Morgan fingerprint density at radius 3 is 2.42 bits per heavy atom. The fourth-order valence-corrected chi connectivity index (χ4v) is 1.92. The van der Waals surface area contributed by atoms with Crippen molar-refractivity contribution in [3.05, 3.63) is 35.4 Å². The van der Waals surface area contributed by atoms with Gasteiger partial charge in [0.1, 0.15) is 6.04 Å². The summed E-state index contributed by atoms with van der Waals surface area (Å²) in [4.78, 5) is 10.6. The molecule has 0 saturated heterocycles. The van der Waals surface area contributed by atoms with Gasteiger partial charge in [0.25, 0.3) is 0 Å². The van der Waals surface area contributed by atoms with E-state index in [-0.39, 0.29) is 12.0 Å². The summed E-state index contributed by atoms with van der Waals surface area (Å²) in [6.07, 6.45) is 1.03. The van der Waals surface area contributed by atoms with Crippen LogP contribution in [0.1, 0.15) is 31.9 Å². The highest BCUT2D eigenvalue weighted by atomic mass is 16.4. The van der Waals surface area contributed by atoms with Crippen molar-refractivity contribution in [1.82, 2.24) is 5.32 Å². The molecule has 1 rings (SSSR count). The maximum Gasteiger partial charge on any atom is 0.321 e. The van der Waals surface area contributed by atoms with Crippen molar-refractivity contribution in [1.29, 1.82) is 0 Å². The van der Waals surface area contributed by atoms with Gasteiger partial charge in [-0.1, -0.05) is 45.0 Å². The number of nitrogens with two attached hydrogens (primary N) is 1. The van der Waals surface area contributed by atoms with Crippen LogP contribution in [0.5, 0.6) is 0 Å². The van der Waals surface area contributed by atoms with Gasteiger partial charge in [-0.25, -0.2) is 0 Å². The summed E-state index contributed by atoms with van der Waals surface area (Å²) in [5.74, 6) is -0.974. The van der Waals surface area contributed by atoms with Crippen molar-refractivity contribution in [3.63, 3.8) is 0 Å². The average molecular weight is 264 g/mol. The van der Waals surface area contributed by atoms with Crippen LogP contribution < -0.4 is 11.1 Å². The molecule has 0 amide bonds. The van der Waals surface area contributed by atoms with Crippen molar-refractivity contribution in [2.45, 2.75) is 38.6 Å². The lowest BCUT2D eigenvalue weighted by Gasteiger charge is -2.26. The Balaban J connectivity index is 2.57. The summed E-state index contributed by atoms with van der Waals surface area (Å²) in [5, 5.41) is 11.8. The molecule has 4 N–H and O–H groups in total. The first-order valence-corrected chi connectivity index (χ1v) is 6.65. The molecule has 0 aliphatic heterocycles. The molecule has 0 fully saturated rings. The monoisotopic (exact) mass is 264 g/mol. The number of aryl methyl sites for hydroxylation is 1. The number of hydrogen-bond acceptors (Lipinski definition) is 3. The van der Waals surface area contributed by atoms with Crippen molar-refractivity contribution < 1.29 is 9.90 Å². The minimum atomic E-state index is -0.974. The van der Waals surface area contributed by atoms with Crippen LogP contribution in [0.25, 0.3) is 0 Å². The predicted octanol–water partition coefficient (Wildman–Crippen LogP) is 1.53. The lowest BCUT2D eigenvalue weighted by Crippen LogP contribution is -2.44. The van der Waals surface area contributed by atoms with E-state index in [4.69, 9.17) is 10.8 Å². The van der Waals surface area contributed by atoms with Crippen LogP contribution >= 0.6 is 0 Å². The molecule has 1 unspecified atom stereocenters. The highest BCUT2D eigenvalue weighted by Gasteiger charge is 2.21. The maximum absolute atomic E-state index is 10.6. The molecule has 1 aromatic rings. The first-order chi connectivity index (χ1) is 8.86. The molecule has 4 nitrogen and oxygen atoms in total. The fourth-order valence-electron chi connectivity index (χ4n) is 1.92. The van der Waals surface area contributed by atoms with Crippen LogP contribution in [0.4, 0.5) is 0 Å². The molecule has 0 aromatic heterocycles. The van der Waals surface area contributed by atoms with Gasteiger partial charge < -0.3 is 16.2 Å². The zero-order valence-corrected chi connectivity index (χ0v) is 11.9. The average Bonchev–Trinajstić information content (AvgIpc) is 2.38. The van der Waals surface area contributed by atoms with E-state index in [0.717, 1.165) is 6.42 Å². The summed E-state index contributed by atoms with van der Waals surface area (Å²) in [6, 6.07) is 7.70. The molecule has 0 radical (unpaired) electrons. The predicted molar refractivity (Wildman–Crippen MR) is 77.3 cm³/mol. The van der Waals surface area contributed by atoms with E-state index < -0.39 is 12.0 Å². The molecule has 0 bridgehead atoms. The second-order valence-corrected chi connectivity index (χ2v) is 5.51. The van der Waals surface area contributed by atoms with Gasteiger partial charge in [-0.3, -0.25) is 4.79 Å². The third-order valence-corrected chi connectivity index (χ3v) is 3.39. The largest absolute Gasteiger partial charge is 0.480 e. The number of nitrogens with one attached hydrogen (secondary N) is 1. The highest BCUT2D eigenvalue weighted by Crippen LogP contribution is 2.22. The van der Waals surface area contributed by atoms with Gasteiger partial charge in [-0.15, -0.1) is 0 Å². The molecule has 106 valence electrons. The zero-order valence-electron chi connectivity index (χ0n) is 11.9. The van der Waals surface area contributed by atoms with Gasteiger partial charge in [-0.2, -0.15) is 0 Å². The molecule has 19 heavy (non-hydrogen) atoms. The third-order valence-electron chi connectivity index (χ3n) is 3.39. The normalized spacial score (nSPS) is 13.3. The highest BCUT2D eigenvalue weighted by molar-refractivity contribution is 5.73. The topological polar surface area (TPSA) is 75.3 Å². The number of rotatable bonds is 7. The Bertz CT molecular complexity index is 413. The van der Waals surface area contributed by atoms with Crippen molar-refractivity contribution in [2.24, 2.45) is 5.73 Å². The number of aliphatic carboxylic acids is 1. The Morgan fingerprint density at radius 1 is 1.37 bits per heavy atom. The van der Waals surface area contributed by atoms with Crippen LogP contribution in [0.2, 0.25) is 0 Å². The SMILES string of the molecule is CCc1ccc(C(C)(C)CNCC(N)C(=O)O)cc1. The van der Waals surface area contributed by atoms with Crippen molar-refractivity contribution in [2.75, 3.05) is 13.1 Å². The minimum Gasteiger partial charge on any atom is -0.480 e. The summed E-state index contributed by atoms with van der Waals surface area (Å²) in [7, 11) is 0. The molecular weight excluding hydrogens is 240 g/mol. The molecule has 0 saturated carbocycles. The van der Waals surface area contributed by atoms with Crippen LogP contribution in [0.15, 0.2) is 24.3 Å². The standard InChI is InChI=1S/C15H24N2O2/c1-4-11-5-7-12(8-6-11)15(2,3)10-17-9-13(16)14(18)19/h5-8,13,17H,4,9-10,16H2,1-3H3,(H,18,19). The first-order valence-electron chi connectivity index (χ1n) is 6.65. The van der Waals surface area contributed by atoms with Gasteiger partial charge >= 0.3 is 5.97 Å². The third kappa shape index (κ3) is 4.65. The summed E-state index contributed by atoms with van der Waals surface area (Å²) < 4.78 is 0. The Labute approximate surface area is 115 Å². The summed E-state index contributed by atoms with van der Waals surface area (Å²) in [6.45, 7) is 7.38. The minimum absolute atomic E-state index is 0.0511. The molecule has 0 heterocycles. The second-order valence-electron chi connectivity index (χ2n) is 5.51. The van der Waals surface area contributed by atoms with Crippen LogP contribution in [0.3, 0.4) is 0 Å². The summed E-state index contributed by atoms with van der Waals surface area (Å²) >= 11 is 0. The van der Waals surface area contributed by atoms with Crippen LogP contribution in [-0.4, -0.2) is 30.2 Å². The first kappa shape index (κ1) is 15.7. The van der Waals surface area contributed by atoms with E-state index >= 15 is 0 Å². The Hall–Kier alpha value is -1.39. The molecule has 1 aromatic carbocycles.